The van der Waals surface area contributed by atoms with Crippen LogP contribution in [0.1, 0.15) is 6.42 Å². The third-order valence-corrected chi connectivity index (χ3v) is 5.36. The number of carbonyl (C=O) groups excluding carboxylic acids is 1. The highest BCUT2D eigenvalue weighted by atomic mass is 32.2. The van der Waals surface area contributed by atoms with Gasteiger partial charge in [-0.2, -0.15) is 0 Å². The van der Waals surface area contributed by atoms with Crippen LogP contribution in [0.3, 0.4) is 0 Å². The highest BCUT2D eigenvalue weighted by molar-refractivity contribution is 7.92. The van der Waals surface area contributed by atoms with Crippen LogP contribution < -0.4 is 19.3 Å². The molecule has 0 radical (unpaired) electrons. The third-order valence-electron chi connectivity index (χ3n) is 4.22. The van der Waals surface area contributed by atoms with Crippen molar-refractivity contribution in [2.45, 2.75) is 6.42 Å². The fraction of sp³-hybridized carbons (Fsp3) is 0.350. The molecular weight excluding hydrogens is 378 g/mol. The summed E-state index contributed by atoms with van der Waals surface area (Å²) in [4.78, 5) is 14.4. The first kappa shape index (κ1) is 21.6. The second-order valence-electron chi connectivity index (χ2n) is 6.43. The van der Waals surface area contributed by atoms with Gasteiger partial charge in [0.2, 0.25) is 15.9 Å². The number of benzene rings is 2. The van der Waals surface area contributed by atoms with E-state index in [1.165, 1.54) is 7.11 Å². The minimum atomic E-state index is -3.61. The zero-order valence-corrected chi connectivity index (χ0v) is 17.3. The average Bonchev–Trinajstić information content (AvgIpc) is 2.69. The maximum absolute atomic E-state index is 12.3. The van der Waals surface area contributed by atoms with Gasteiger partial charge in [0.15, 0.2) is 0 Å². The summed E-state index contributed by atoms with van der Waals surface area (Å²) in [7, 11) is -0.115. The van der Waals surface area contributed by atoms with E-state index in [2.05, 4.69) is 10.2 Å². The van der Waals surface area contributed by atoms with Gasteiger partial charge in [0.1, 0.15) is 12.3 Å². The van der Waals surface area contributed by atoms with E-state index in [1.807, 2.05) is 37.4 Å². The van der Waals surface area contributed by atoms with Crippen LogP contribution in [0.15, 0.2) is 54.6 Å². The van der Waals surface area contributed by atoms with Gasteiger partial charge in [-0.1, -0.05) is 24.3 Å². The van der Waals surface area contributed by atoms with E-state index in [4.69, 9.17) is 4.74 Å². The number of hydrogen-bond acceptors (Lipinski definition) is 5. The van der Waals surface area contributed by atoms with Gasteiger partial charge in [-0.05, 0) is 30.7 Å². The Labute approximate surface area is 167 Å². The van der Waals surface area contributed by atoms with Crippen molar-refractivity contribution in [1.29, 1.82) is 0 Å². The van der Waals surface area contributed by atoms with E-state index in [9.17, 15) is 13.2 Å². The Balaban J connectivity index is 1.88. The first-order valence-corrected chi connectivity index (χ1v) is 10.8. The lowest BCUT2D eigenvalue weighted by Gasteiger charge is -2.22. The number of nitrogens with zero attached hydrogens (tertiary/aromatic N) is 2. The Morgan fingerprint density at radius 1 is 1.07 bits per heavy atom. The second kappa shape index (κ2) is 9.98. The first-order valence-electron chi connectivity index (χ1n) is 8.96. The molecule has 0 unspecified atom stereocenters. The molecular formula is C20H27N3O4S. The van der Waals surface area contributed by atoms with Gasteiger partial charge in [-0.15, -0.1) is 0 Å². The van der Waals surface area contributed by atoms with E-state index < -0.39 is 10.0 Å². The van der Waals surface area contributed by atoms with E-state index >= 15 is 0 Å². The Kier molecular flexibility index (Phi) is 7.69. The molecule has 1 N–H and O–H groups in total. The van der Waals surface area contributed by atoms with E-state index in [1.54, 1.807) is 24.3 Å². The van der Waals surface area contributed by atoms with Gasteiger partial charge in [-0.25, -0.2) is 8.42 Å². The summed E-state index contributed by atoms with van der Waals surface area (Å²) in [6.45, 7) is 0.961. The summed E-state index contributed by atoms with van der Waals surface area (Å²) in [6.07, 6.45) is 1.82. The van der Waals surface area contributed by atoms with E-state index in [-0.39, 0.29) is 12.5 Å². The summed E-state index contributed by atoms with van der Waals surface area (Å²) in [6, 6.07) is 16.6. The molecule has 0 saturated heterocycles. The zero-order chi connectivity index (χ0) is 20.6. The minimum Gasteiger partial charge on any atom is -0.497 e. The van der Waals surface area contributed by atoms with Crippen LogP contribution in [0.2, 0.25) is 0 Å². The van der Waals surface area contributed by atoms with Crippen LogP contribution in [-0.2, 0) is 14.8 Å². The number of nitrogens with one attached hydrogen (secondary N) is 1. The van der Waals surface area contributed by atoms with E-state index in [0.717, 1.165) is 29.2 Å². The van der Waals surface area contributed by atoms with Crippen LogP contribution in [-0.4, -0.2) is 54.4 Å². The zero-order valence-electron chi connectivity index (χ0n) is 16.5. The van der Waals surface area contributed by atoms with Crippen molar-refractivity contribution in [3.05, 3.63) is 54.6 Å². The summed E-state index contributed by atoms with van der Waals surface area (Å²) in [5.41, 5.74) is 1.50. The highest BCUT2D eigenvalue weighted by Crippen LogP contribution is 2.22. The normalized spacial score (nSPS) is 11.0. The van der Waals surface area contributed by atoms with Crippen molar-refractivity contribution in [2.75, 3.05) is 49.3 Å². The number of rotatable bonds is 10. The van der Waals surface area contributed by atoms with Crippen molar-refractivity contribution in [3.8, 4) is 5.75 Å². The minimum absolute atomic E-state index is 0.277. The van der Waals surface area contributed by atoms with Gasteiger partial charge < -0.3 is 15.0 Å². The Hall–Kier alpha value is -2.74. The highest BCUT2D eigenvalue weighted by Gasteiger charge is 2.21. The summed E-state index contributed by atoms with van der Waals surface area (Å²) >= 11 is 0. The molecule has 0 fully saturated rings. The standard InChI is InChI=1S/C20H27N3O4S/c1-22(17-9-5-4-6-10-17)14-8-13-21-20(24)16-23(28(3,25)26)18-11-7-12-19(15-18)27-2/h4-7,9-12,15H,8,13-14,16H2,1-3H3,(H,21,24). The lowest BCUT2D eigenvalue weighted by atomic mass is 10.3. The Morgan fingerprint density at radius 2 is 1.75 bits per heavy atom. The number of carbonyl (C=O) groups is 1. The molecule has 8 heteroatoms. The van der Waals surface area contributed by atoms with Gasteiger partial charge in [0, 0.05) is 31.9 Å². The number of hydrogen-bond donors (Lipinski definition) is 1. The molecule has 0 aromatic heterocycles. The van der Waals surface area contributed by atoms with Crippen molar-refractivity contribution in [2.24, 2.45) is 0 Å². The molecule has 28 heavy (non-hydrogen) atoms. The Morgan fingerprint density at radius 3 is 2.39 bits per heavy atom. The summed E-state index contributed by atoms with van der Waals surface area (Å²) < 4.78 is 30.5. The number of methoxy groups -OCH3 is 1. The molecule has 2 aromatic carbocycles. The fourth-order valence-electron chi connectivity index (χ4n) is 2.71. The van der Waals surface area contributed by atoms with Crippen LogP contribution in [0.4, 0.5) is 11.4 Å². The molecule has 152 valence electrons. The molecule has 2 aromatic rings. The molecule has 0 spiro atoms. The second-order valence-corrected chi connectivity index (χ2v) is 8.34. The van der Waals surface area contributed by atoms with Gasteiger partial charge in [-0.3, -0.25) is 9.10 Å². The van der Waals surface area contributed by atoms with Gasteiger partial charge in [0.25, 0.3) is 0 Å². The maximum atomic E-state index is 12.3. The van der Waals surface area contributed by atoms with Crippen LogP contribution in [0.5, 0.6) is 5.75 Å². The number of amides is 1. The van der Waals surface area contributed by atoms with Crippen LogP contribution in [0.25, 0.3) is 0 Å². The molecule has 0 bridgehead atoms. The molecule has 0 aliphatic heterocycles. The predicted octanol–water partition coefficient (Wildman–Crippen LogP) is 2.10. The van der Waals surface area contributed by atoms with Crippen molar-refractivity contribution in [1.82, 2.24) is 5.32 Å². The summed E-state index contributed by atoms with van der Waals surface area (Å²) in [5, 5.41) is 2.79. The number of ether oxygens (including phenoxy) is 1. The van der Waals surface area contributed by atoms with Gasteiger partial charge >= 0.3 is 0 Å². The first-order chi connectivity index (χ1) is 13.3. The number of anilines is 2. The molecule has 2 rings (SSSR count). The number of para-hydroxylation sites is 1. The summed E-state index contributed by atoms with van der Waals surface area (Å²) in [5.74, 6) is 0.172. The smallest absolute Gasteiger partial charge is 0.240 e. The van der Waals surface area contributed by atoms with Crippen LogP contribution in [0, 0.1) is 0 Å². The molecule has 7 nitrogen and oxygen atoms in total. The SMILES string of the molecule is COc1cccc(N(CC(=O)NCCCN(C)c2ccccc2)S(C)(=O)=O)c1. The van der Waals surface area contributed by atoms with Gasteiger partial charge in [0.05, 0.1) is 19.1 Å². The van der Waals surface area contributed by atoms with Crippen molar-refractivity contribution >= 4 is 27.3 Å². The van der Waals surface area contributed by atoms with Crippen molar-refractivity contribution < 1.29 is 17.9 Å². The molecule has 0 atom stereocenters. The molecule has 0 saturated carbocycles. The third kappa shape index (κ3) is 6.45. The van der Waals surface area contributed by atoms with Crippen molar-refractivity contribution in [3.63, 3.8) is 0 Å². The molecule has 0 heterocycles. The molecule has 1 amide bonds. The lowest BCUT2D eigenvalue weighted by Crippen LogP contribution is -2.41. The quantitative estimate of drug-likeness (QED) is 0.613. The van der Waals surface area contributed by atoms with E-state index in [0.29, 0.717) is 18.0 Å². The monoisotopic (exact) mass is 405 g/mol. The predicted molar refractivity (Wildman–Crippen MR) is 113 cm³/mol. The molecule has 0 aliphatic carbocycles. The average molecular weight is 406 g/mol. The lowest BCUT2D eigenvalue weighted by molar-refractivity contribution is -0.119. The van der Waals surface area contributed by atoms with Crippen LogP contribution >= 0.6 is 0 Å². The maximum Gasteiger partial charge on any atom is 0.240 e. The fourth-order valence-corrected chi connectivity index (χ4v) is 3.56. The topological polar surface area (TPSA) is 79.0 Å². The number of sulfonamides is 1. The molecule has 0 aliphatic rings. The Bertz CT molecular complexity index is 872. The largest absolute Gasteiger partial charge is 0.497 e.